The first-order valence-electron chi connectivity index (χ1n) is 12.2. The van der Waals surface area contributed by atoms with Crippen molar-refractivity contribution in [1.29, 1.82) is 0 Å². The van der Waals surface area contributed by atoms with Crippen LogP contribution in [0.25, 0.3) is 22.0 Å². The number of benzene rings is 4. The molecule has 36 heavy (non-hydrogen) atoms. The highest BCUT2D eigenvalue weighted by molar-refractivity contribution is 7.14. The van der Waals surface area contributed by atoms with Gasteiger partial charge in [-0.2, -0.15) is 5.10 Å². The molecule has 2 heterocycles. The molecular weight excluding hydrogens is 465 g/mol. The van der Waals surface area contributed by atoms with E-state index in [1.165, 1.54) is 34.0 Å². The monoisotopic (exact) mass is 491 g/mol. The van der Waals surface area contributed by atoms with Gasteiger partial charge in [-0.1, -0.05) is 86.6 Å². The summed E-state index contributed by atoms with van der Waals surface area (Å²) in [5.74, 6) is 0.239. The second kappa shape index (κ2) is 9.32. The van der Waals surface area contributed by atoms with E-state index in [9.17, 15) is 4.39 Å². The van der Waals surface area contributed by atoms with Gasteiger partial charge in [-0.3, -0.25) is 0 Å². The summed E-state index contributed by atoms with van der Waals surface area (Å²) >= 11 is 1.60. The van der Waals surface area contributed by atoms with Crippen LogP contribution in [0.2, 0.25) is 0 Å². The molecule has 1 aliphatic rings. The third-order valence-corrected chi connectivity index (χ3v) is 7.64. The molecule has 0 amide bonds. The van der Waals surface area contributed by atoms with Gasteiger partial charge < -0.3 is 0 Å². The smallest absolute Gasteiger partial charge is 0.207 e. The number of thiazole rings is 1. The van der Waals surface area contributed by atoms with E-state index in [2.05, 4.69) is 86.0 Å². The van der Waals surface area contributed by atoms with Crippen molar-refractivity contribution < 1.29 is 4.39 Å². The van der Waals surface area contributed by atoms with Crippen LogP contribution in [0.3, 0.4) is 0 Å². The normalized spacial score (nSPS) is 15.6. The molecule has 0 spiro atoms. The molecule has 1 atom stereocenters. The molecule has 178 valence electrons. The van der Waals surface area contributed by atoms with Crippen molar-refractivity contribution in [3.05, 3.63) is 119 Å². The van der Waals surface area contributed by atoms with Gasteiger partial charge >= 0.3 is 0 Å². The summed E-state index contributed by atoms with van der Waals surface area (Å²) in [7, 11) is 0. The predicted molar refractivity (Wildman–Crippen MR) is 148 cm³/mol. The summed E-state index contributed by atoms with van der Waals surface area (Å²) in [4.78, 5) is 5.01. The molecule has 6 rings (SSSR count). The summed E-state index contributed by atoms with van der Waals surface area (Å²) < 4.78 is 13.6. The van der Waals surface area contributed by atoms with E-state index in [-0.39, 0.29) is 11.9 Å². The van der Waals surface area contributed by atoms with Crippen LogP contribution in [-0.2, 0) is 0 Å². The predicted octanol–water partition coefficient (Wildman–Crippen LogP) is 8.58. The molecule has 1 aromatic heterocycles. The molecule has 0 fully saturated rings. The average Bonchev–Trinajstić information content (AvgIpc) is 3.57. The lowest BCUT2D eigenvalue weighted by Gasteiger charge is -2.21. The van der Waals surface area contributed by atoms with Gasteiger partial charge in [0.1, 0.15) is 5.82 Å². The Morgan fingerprint density at radius 3 is 2.33 bits per heavy atom. The first-order chi connectivity index (χ1) is 17.5. The molecule has 0 N–H and O–H groups in total. The lowest BCUT2D eigenvalue weighted by atomic mass is 9.95. The molecule has 4 aromatic carbocycles. The second-order valence-corrected chi connectivity index (χ2v) is 10.4. The molecule has 0 radical (unpaired) electrons. The van der Waals surface area contributed by atoms with E-state index in [1.54, 1.807) is 23.5 Å². The average molecular weight is 492 g/mol. The van der Waals surface area contributed by atoms with Crippen molar-refractivity contribution in [2.45, 2.75) is 32.2 Å². The zero-order valence-corrected chi connectivity index (χ0v) is 21.0. The van der Waals surface area contributed by atoms with Crippen LogP contribution < -0.4 is 5.01 Å². The first-order valence-corrected chi connectivity index (χ1v) is 13.1. The van der Waals surface area contributed by atoms with Crippen LogP contribution in [0, 0.1) is 5.82 Å². The van der Waals surface area contributed by atoms with Crippen LogP contribution >= 0.6 is 11.3 Å². The Kier molecular flexibility index (Phi) is 5.86. The standard InChI is InChI=1S/C31H26FN3S/c1-20(2)21-7-10-24(11-8-21)30-18-28(23-13-15-27(32)16-14-23)34-35(30)31-33-29(19-36-31)26-12-9-22-5-3-4-6-25(22)17-26/h3-17,19-20,30H,18H2,1-2H3. The van der Waals surface area contributed by atoms with E-state index in [0.29, 0.717) is 5.92 Å². The Morgan fingerprint density at radius 2 is 1.58 bits per heavy atom. The van der Waals surface area contributed by atoms with Gasteiger partial charge in [0.05, 0.1) is 17.4 Å². The van der Waals surface area contributed by atoms with Crippen molar-refractivity contribution in [2.75, 3.05) is 5.01 Å². The van der Waals surface area contributed by atoms with Gasteiger partial charge in [0.2, 0.25) is 5.13 Å². The molecule has 1 unspecified atom stereocenters. The summed E-state index contributed by atoms with van der Waals surface area (Å²) in [5, 5.41) is 12.4. The van der Waals surface area contributed by atoms with Crippen LogP contribution in [0.15, 0.2) is 101 Å². The number of hydrogen-bond donors (Lipinski definition) is 0. The highest BCUT2D eigenvalue weighted by Crippen LogP contribution is 2.40. The van der Waals surface area contributed by atoms with Gasteiger partial charge in [0.15, 0.2) is 0 Å². The Labute approximate surface area is 214 Å². The third kappa shape index (κ3) is 4.31. The number of hydrogen-bond acceptors (Lipinski definition) is 4. The van der Waals surface area contributed by atoms with E-state index in [4.69, 9.17) is 10.1 Å². The Hall–Kier alpha value is -3.83. The third-order valence-electron chi connectivity index (χ3n) is 6.81. The highest BCUT2D eigenvalue weighted by atomic mass is 32.1. The fourth-order valence-corrected chi connectivity index (χ4v) is 5.55. The quantitative estimate of drug-likeness (QED) is 0.246. The lowest BCUT2D eigenvalue weighted by molar-refractivity contribution is 0.627. The van der Waals surface area contributed by atoms with E-state index < -0.39 is 0 Å². The van der Waals surface area contributed by atoms with Gasteiger partial charge in [-0.15, -0.1) is 11.3 Å². The number of nitrogens with zero attached hydrogens (tertiary/aromatic N) is 3. The van der Waals surface area contributed by atoms with E-state index in [1.807, 2.05) is 5.01 Å². The fourth-order valence-electron chi connectivity index (χ4n) is 4.72. The SMILES string of the molecule is CC(C)c1ccc(C2CC(c3ccc(F)cc3)=NN2c2nc(-c3ccc4ccccc4c3)cs2)cc1. The van der Waals surface area contributed by atoms with Gasteiger partial charge in [0.25, 0.3) is 0 Å². The largest absolute Gasteiger partial charge is 0.231 e. The van der Waals surface area contributed by atoms with Crippen molar-refractivity contribution in [2.24, 2.45) is 5.10 Å². The summed E-state index contributed by atoms with van der Waals surface area (Å²) in [6, 6.07) is 30.3. The molecule has 0 saturated carbocycles. The zero-order valence-electron chi connectivity index (χ0n) is 20.2. The lowest BCUT2D eigenvalue weighted by Crippen LogP contribution is -2.18. The topological polar surface area (TPSA) is 28.5 Å². The van der Waals surface area contributed by atoms with Crippen molar-refractivity contribution in [3.8, 4) is 11.3 Å². The molecule has 5 aromatic rings. The van der Waals surface area contributed by atoms with Crippen molar-refractivity contribution in [1.82, 2.24) is 4.98 Å². The van der Waals surface area contributed by atoms with Crippen LogP contribution in [0.1, 0.15) is 48.9 Å². The molecule has 0 bridgehead atoms. The molecular formula is C31H26FN3S. The Balaban J connectivity index is 1.37. The highest BCUT2D eigenvalue weighted by Gasteiger charge is 2.32. The van der Waals surface area contributed by atoms with Crippen LogP contribution in [-0.4, -0.2) is 10.7 Å². The molecule has 0 aliphatic carbocycles. The number of anilines is 1. The Bertz CT molecular complexity index is 1550. The van der Waals surface area contributed by atoms with Crippen molar-refractivity contribution in [3.63, 3.8) is 0 Å². The number of hydrazone groups is 1. The number of rotatable bonds is 5. The van der Waals surface area contributed by atoms with Gasteiger partial charge in [-0.05, 0) is 51.6 Å². The molecule has 0 saturated heterocycles. The summed E-state index contributed by atoms with van der Waals surface area (Å²) in [6.45, 7) is 4.41. The maximum atomic E-state index is 13.6. The molecule has 5 heteroatoms. The van der Waals surface area contributed by atoms with Crippen LogP contribution in [0.5, 0.6) is 0 Å². The Morgan fingerprint density at radius 1 is 0.861 bits per heavy atom. The fraction of sp³-hybridized carbons (Fsp3) is 0.161. The first kappa shape index (κ1) is 22.6. The van der Waals surface area contributed by atoms with E-state index in [0.717, 1.165) is 34.1 Å². The second-order valence-electron chi connectivity index (χ2n) is 9.52. The van der Waals surface area contributed by atoms with Gasteiger partial charge in [-0.25, -0.2) is 14.4 Å². The van der Waals surface area contributed by atoms with Crippen LogP contribution in [0.4, 0.5) is 9.52 Å². The maximum Gasteiger partial charge on any atom is 0.207 e. The summed E-state index contributed by atoms with van der Waals surface area (Å²) in [5.41, 5.74) is 6.43. The molecule has 1 aliphatic heterocycles. The summed E-state index contributed by atoms with van der Waals surface area (Å²) in [6.07, 6.45) is 0.734. The maximum absolute atomic E-state index is 13.6. The molecule has 3 nitrogen and oxygen atoms in total. The number of aromatic nitrogens is 1. The van der Waals surface area contributed by atoms with Gasteiger partial charge in [0, 0.05) is 17.4 Å². The minimum Gasteiger partial charge on any atom is -0.231 e. The number of fused-ring (bicyclic) bond motifs is 1. The van der Waals surface area contributed by atoms with E-state index >= 15 is 0 Å². The minimum absolute atomic E-state index is 0.0295. The van der Waals surface area contributed by atoms with Crippen molar-refractivity contribution >= 4 is 33.0 Å². The number of halogens is 1. The zero-order chi connectivity index (χ0) is 24.6. The minimum atomic E-state index is -0.241.